The lowest BCUT2D eigenvalue weighted by atomic mass is 9.82. The zero-order valence-corrected chi connectivity index (χ0v) is 11.5. The molecule has 4 heteroatoms. The van der Waals surface area contributed by atoms with Crippen LogP contribution in [0.1, 0.15) is 25.0 Å². The first-order valence-corrected chi connectivity index (χ1v) is 7.43. The van der Waals surface area contributed by atoms with Gasteiger partial charge in [0, 0.05) is 23.7 Å². The van der Waals surface area contributed by atoms with E-state index in [2.05, 4.69) is 6.92 Å². The van der Waals surface area contributed by atoms with E-state index in [0.29, 0.717) is 12.3 Å². The molecule has 0 bridgehead atoms. The molecule has 1 saturated heterocycles. The van der Waals surface area contributed by atoms with Crippen molar-refractivity contribution < 1.29 is 14.6 Å². The molecule has 1 fully saturated rings. The van der Waals surface area contributed by atoms with E-state index >= 15 is 0 Å². The molecule has 98 valence electrons. The van der Waals surface area contributed by atoms with Crippen molar-refractivity contribution in [1.29, 1.82) is 0 Å². The van der Waals surface area contributed by atoms with Gasteiger partial charge in [-0.25, -0.2) is 0 Å². The second-order valence-corrected chi connectivity index (χ2v) is 6.24. The molecule has 2 heterocycles. The van der Waals surface area contributed by atoms with Crippen LogP contribution in [0.5, 0.6) is 11.5 Å². The molecule has 0 saturated carbocycles. The Labute approximate surface area is 111 Å². The zero-order chi connectivity index (χ0) is 12.8. The Morgan fingerprint density at radius 1 is 1.50 bits per heavy atom. The van der Waals surface area contributed by atoms with E-state index < -0.39 is 6.10 Å². The quantitative estimate of drug-likeness (QED) is 0.848. The standard InChI is InChI=1S/C14H18O3S/c1-9-7-18-8-14(9)6-12(15)11-5-10(16-2)3-4-13(11)17-14/h3-5,9,12,15H,6-8H2,1-2H3/t9?,12-,14?/m0/s1. The Morgan fingerprint density at radius 3 is 3.00 bits per heavy atom. The number of rotatable bonds is 1. The first-order valence-electron chi connectivity index (χ1n) is 6.27. The molecule has 3 rings (SSSR count). The van der Waals surface area contributed by atoms with Gasteiger partial charge in [0.05, 0.1) is 13.2 Å². The molecule has 1 spiro atoms. The van der Waals surface area contributed by atoms with Gasteiger partial charge in [0.15, 0.2) is 0 Å². The summed E-state index contributed by atoms with van der Waals surface area (Å²) < 4.78 is 11.4. The van der Waals surface area contributed by atoms with Gasteiger partial charge in [-0.1, -0.05) is 6.92 Å². The molecule has 1 aromatic carbocycles. The number of ether oxygens (including phenoxy) is 2. The van der Waals surface area contributed by atoms with Gasteiger partial charge in [0.1, 0.15) is 17.1 Å². The minimum atomic E-state index is -0.454. The van der Waals surface area contributed by atoms with Crippen molar-refractivity contribution in [3.63, 3.8) is 0 Å². The minimum Gasteiger partial charge on any atom is -0.497 e. The lowest BCUT2D eigenvalue weighted by Crippen LogP contribution is -2.46. The monoisotopic (exact) mass is 266 g/mol. The smallest absolute Gasteiger partial charge is 0.126 e. The van der Waals surface area contributed by atoms with Crippen LogP contribution in [-0.4, -0.2) is 29.3 Å². The highest BCUT2D eigenvalue weighted by molar-refractivity contribution is 7.99. The molecule has 1 N–H and O–H groups in total. The third-order valence-electron chi connectivity index (χ3n) is 4.04. The Hall–Kier alpha value is -0.870. The highest BCUT2D eigenvalue weighted by Crippen LogP contribution is 2.48. The van der Waals surface area contributed by atoms with Crippen LogP contribution in [0.25, 0.3) is 0 Å². The van der Waals surface area contributed by atoms with Gasteiger partial charge < -0.3 is 14.6 Å². The lowest BCUT2D eigenvalue weighted by Gasteiger charge is -2.40. The Balaban J connectivity index is 1.98. The molecule has 2 aliphatic heterocycles. The van der Waals surface area contributed by atoms with Crippen molar-refractivity contribution in [1.82, 2.24) is 0 Å². The number of aliphatic hydroxyl groups is 1. The van der Waals surface area contributed by atoms with Crippen molar-refractivity contribution in [3.05, 3.63) is 23.8 Å². The number of thioether (sulfide) groups is 1. The van der Waals surface area contributed by atoms with E-state index in [-0.39, 0.29) is 5.60 Å². The topological polar surface area (TPSA) is 38.7 Å². The van der Waals surface area contributed by atoms with E-state index in [1.807, 2.05) is 30.0 Å². The summed E-state index contributed by atoms with van der Waals surface area (Å²) >= 11 is 1.91. The highest BCUT2D eigenvalue weighted by Gasteiger charge is 2.48. The van der Waals surface area contributed by atoms with E-state index in [0.717, 1.165) is 28.6 Å². The molecule has 18 heavy (non-hydrogen) atoms. The third kappa shape index (κ3) is 1.79. The molecule has 0 aromatic heterocycles. The molecule has 0 amide bonds. The van der Waals surface area contributed by atoms with E-state index in [1.165, 1.54) is 0 Å². The summed E-state index contributed by atoms with van der Waals surface area (Å²) in [4.78, 5) is 0. The molecule has 1 aromatic rings. The van der Waals surface area contributed by atoms with E-state index in [9.17, 15) is 5.11 Å². The number of methoxy groups -OCH3 is 1. The zero-order valence-electron chi connectivity index (χ0n) is 10.7. The minimum absolute atomic E-state index is 0.189. The molecular weight excluding hydrogens is 248 g/mol. The Kier molecular flexibility index (Phi) is 2.94. The van der Waals surface area contributed by atoms with Gasteiger partial charge in [-0.05, 0) is 24.0 Å². The molecule has 0 aliphatic carbocycles. The maximum atomic E-state index is 10.4. The first-order chi connectivity index (χ1) is 8.64. The van der Waals surface area contributed by atoms with Gasteiger partial charge in [-0.2, -0.15) is 11.8 Å². The fourth-order valence-electron chi connectivity index (χ4n) is 2.80. The van der Waals surface area contributed by atoms with Crippen molar-refractivity contribution in [2.24, 2.45) is 5.92 Å². The Morgan fingerprint density at radius 2 is 2.33 bits per heavy atom. The average molecular weight is 266 g/mol. The largest absolute Gasteiger partial charge is 0.497 e. The van der Waals surface area contributed by atoms with Crippen molar-refractivity contribution >= 4 is 11.8 Å². The van der Waals surface area contributed by atoms with Gasteiger partial charge in [0.2, 0.25) is 0 Å². The van der Waals surface area contributed by atoms with Crippen LogP contribution in [0.3, 0.4) is 0 Å². The molecule has 3 nitrogen and oxygen atoms in total. The van der Waals surface area contributed by atoms with Gasteiger partial charge in [-0.3, -0.25) is 0 Å². The lowest BCUT2D eigenvalue weighted by molar-refractivity contribution is -0.0225. The summed E-state index contributed by atoms with van der Waals surface area (Å²) in [6, 6.07) is 5.67. The second kappa shape index (κ2) is 4.35. The summed E-state index contributed by atoms with van der Waals surface area (Å²) in [5.74, 6) is 4.13. The van der Waals surface area contributed by atoms with Crippen LogP contribution in [0.4, 0.5) is 0 Å². The van der Waals surface area contributed by atoms with Gasteiger partial charge >= 0.3 is 0 Å². The number of benzene rings is 1. The van der Waals surface area contributed by atoms with Crippen molar-refractivity contribution in [3.8, 4) is 11.5 Å². The highest BCUT2D eigenvalue weighted by atomic mass is 32.2. The van der Waals surface area contributed by atoms with Crippen LogP contribution in [-0.2, 0) is 0 Å². The van der Waals surface area contributed by atoms with Crippen molar-refractivity contribution in [2.45, 2.75) is 25.0 Å². The van der Waals surface area contributed by atoms with Crippen LogP contribution in [0.2, 0.25) is 0 Å². The van der Waals surface area contributed by atoms with Gasteiger partial charge in [0.25, 0.3) is 0 Å². The van der Waals surface area contributed by atoms with Crippen LogP contribution < -0.4 is 9.47 Å². The summed E-state index contributed by atoms with van der Waals surface area (Å²) in [6.07, 6.45) is 0.228. The summed E-state index contributed by atoms with van der Waals surface area (Å²) in [6.45, 7) is 2.21. The number of fused-ring (bicyclic) bond motifs is 1. The normalized spacial score (nSPS) is 34.2. The summed E-state index contributed by atoms with van der Waals surface area (Å²) in [5.41, 5.74) is 0.662. The number of hydrogen-bond acceptors (Lipinski definition) is 4. The molecule has 3 atom stereocenters. The molecular formula is C14H18O3S. The molecule has 2 aliphatic rings. The first kappa shape index (κ1) is 12.2. The predicted molar refractivity (Wildman–Crippen MR) is 72.4 cm³/mol. The summed E-state index contributed by atoms with van der Waals surface area (Å²) in [5, 5.41) is 10.4. The van der Waals surface area contributed by atoms with Crippen LogP contribution >= 0.6 is 11.8 Å². The average Bonchev–Trinajstić information content (AvgIpc) is 2.70. The molecule has 2 unspecified atom stereocenters. The molecule has 0 radical (unpaired) electrons. The Bertz CT molecular complexity index is 462. The third-order valence-corrected chi connectivity index (χ3v) is 5.47. The van der Waals surface area contributed by atoms with Crippen LogP contribution in [0, 0.1) is 5.92 Å². The fraction of sp³-hybridized carbons (Fsp3) is 0.571. The SMILES string of the molecule is COc1ccc2c(c1)[C@@H](O)CC1(CSCC1C)O2. The van der Waals surface area contributed by atoms with Crippen LogP contribution in [0.15, 0.2) is 18.2 Å². The van der Waals surface area contributed by atoms with Gasteiger partial charge in [-0.15, -0.1) is 0 Å². The summed E-state index contributed by atoms with van der Waals surface area (Å²) in [7, 11) is 1.63. The predicted octanol–water partition coefficient (Wildman–Crippen LogP) is 2.63. The fourth-order valence-corrected chi connectivity index (χ4v) is 4.38. The maximum absolute atomic E-state index is 10.4. The van der Waals surface area contributed by atoms with E-state index in [4.69, 9.17) is 9.47 Å². The number of aliphatic hydroxyl groups excluding tert-OH is 1. The van der Waals surface area contributed by atoms with E-state index in [1.54, 1.807) is 7.11 Å². The van der Waals surface area contributed by atoms with Crippen molar-refractivity contribution in [2.75, 3.05) is 18.6 Å². The number of hydrogen-bond donors (Lipinski definition) is 1. The second-order valence-electron chi connectivity index (χ2n) is 5.21. The maximum Gasteiger partial charge on any atom is 0.126 e.